The van der Waals surface area contributed by atoms with Crippen LogP contribution in [0.4, 0.5) is 4.39 Å². The molecule has 0 radical (unpaired) electrons. The number of amides is 1. The number of rotatable bonds is 4. The molecule has 0 fully saturated rings. The van der Waals surface area contributed by atoms with Gasteiger partial charge in [0.15, 0.2) is 0 Å². The van der Waals surface area contributed by atoms with Gasteiger partial charge in [0.1, 0.15) is 16.6 Å². The van der Waals surface area contributed by atoms with E-state index in [2.05, 4.69) is 15.1 Å². The molecule has 0 aliphatic rings. The zero-order valence-corrected chi connectivity index (χ0v) is 15.6. The number of halogens is 1. The quantitative estimate of drug-likeness (QED) is 0.542. The van der Waals surface area contributed by atoms with E-state index in [1.54, 1.807) is 42.3 Å². The maximum atomic E-state index is 13.1. The van der Waals surface area contributed by atoms with Crippen molar-refractivity contribution in [2.24, 2.45) is 0 Å². The Morgan fingerprint density at radius 3 is 2.63 bits per heavy atom. The number of aryl methyl sites for hydroxylation is 1. The van der Waals surface area contributed by atoms with Crippen LogP contribution in [0, 0.1) is 12.7 Å². The Kier molecular flexibility index (Phi) is 4.41. The highest BCUT2D eigenvalue weighted by Gasteiger charge is 2.20. The van der Waals surface area contributed by atoms with Gasteiger partial charge in [0.25, 0.3) is 5.91 Å². The van der Waals surface area contributed by atoms with Crippen LogP contribution in [0.1, 0.15) is 21.5 Å². The second kappa shape index (κ2) is 6.88. The van der Waals surface area contributed by atoms with Crippen LogP contribution in [0.5, 0.6) is 0 Å². The van der Waals surface area contributed by atoms with Crippen molar-refractivity contribution in [1.29, 1.82) is 0 Å². The molecule has 2 aromatic carbocycles. The van der Waals surface area contributed by atoms with Crippen LogP contribution in [-0.4, -0.2) is 37.6 Å². The molecule has 8 heteroatoms. The zero-order valence-electron chi connectivity index (χ0n) is 14.8. The Balaban J connectivity index is 1.55. The highest BCUT2D eigenvalue weighted by Crippen LogP contribution is 2.22. The van der Waals surface area contributed by atoms with Crippen molar-refractivity contribution in [3.63, 3.8) is 0 Å². The van der Waals surface area contributed by atoms with Crippen molar-refractivity contribution in [2.45, 2.75) is 13.5 Å². The minimum Gasteiger partial charge on any atom is -0.332 e. The van der Waals surface area contributed by atoms with Gasteiger partial charge in [-0.3, -0.25) is 4.79 Å². The molecule has 0 N–H and O–H groups in total. The number of carbonyl (C=O) groups excluding carboxylic acids is 1. The van der Waals surface area contributed by atoms with E-state index in [4.69, 9.17) is 0 Å². The summed E-state index contributed by atoms with van der Waals surface area (Å²) in [7, 11) is 1.70. The summed E-state index contributed by atoms with van der Waals surface area (Å²) in [6, 6.07) is 13.7. The minimum absolute atomic E-state index is 0.0976. The zero-order chi connectivity index (χ0) is 19.0. The Morgan fingerprint density at radius 2 is 1.89 bits per heavy atom. The van der Waals surface area contributed by atoms with Crippen LogP contribution >= 0.6 is 11.3 Å². The summed E-state index contributed by atoms with van der Waals surface area (Å²) in [4.78, 5) is 23.1. The number of nitrogens with zero attached hydrogens (tertiary/aromatic N) is 5. The lowest BCUT2D eigenvalue weighted by Gasteiger charge is -2.13. The molecule has 2 aromatic heterocycles. The number of hydrogen-bond donors (Lipinski definition) is 0. The van der Waals surface area contributed by atoms with Crippen LogP contribution in [-0.2, 0) is 6.54 Å². The summed E-state index contributed by atoms with van der Waals surface area (Å²) < 4.78 is 15.7. The lowest BCUT2D eigenvalue weighted by molar-refractivity contribution is 0.0773. The predicted molar refractivity (Wildman–Crippen MR) is 101 cm³/mol. The second-order valence-electron chi connectivity index (χ2n) is 6.11. The average Bonchev–Trinajstić information content (AvgIpc) is 3.24. The third-order valence-electron chi connectivity index (χ3n) is 4.09. The number of thiazole rings is 1. The van der Waals surface area contributed by atoms with Crippen LogP contribution < -0.4 is 0 Å². The van der Waals surface area contributed by atoms with Crippen molar-refractivity contribution in [1.82, 2.24) is 24.6 Å². The van der Waals surface area contributed by atoms with E-state index in [1.165, 1.54) is 16.8 Å². The first kappa shape index (κ1) is 17.3. The second-order valence-corrected chi connectivity index (χ2v) is 7.22. The molecule has 0 spiro atoms. The van der Waals surface area contributed by atoms with Crippen molar-refractivity contribution in [3.05, 3.63) is 71.0 Å². The minimum atomic E-state index is -0.330. The summed E-state index contributed by atoms with van der Waals surface area (Å²) in [5.41, 5.74) is 1.57. The van der Waals surface area contributed by atoms with E-state index in [0.29, 0.717) is 18.1 Å². The van der Waals surface area contributed by atoms with Gasteiger partial charge in [0.05, 0.1) is 22.4 Å². The van der Waals surface area contributed by atoms with Crippen LogP contribution in [0.15, 0.2) is 48.5 Å². The predicted octanol–water partition coefficient (Wildman–Crippen LogP) is 3.60. The average molecular weight is 381 g/mol. The Morgan fingerprint density at radius 1 is 1.15 bits per heavy atom. The normalized spacial score (nSPS) is 11.1. The van der Waals surface area contributed by atoms with Gasteiger partial charge in [-0.2, -0.15) is 0 Å². The molecule has 0 aliphatic heterocycles. The lowest BCUT2D eigenvalue weighted by atomic mass is 10.3. The van der Waals surface area contributed by atoms with E-state index in [9.17, 15) is 9.18 Å². The summed E-state index contributed by atoms with van der Waals surface area (Å²) >= 11 is 1.56. The third-order valence-corrected chi connectivity index (χ3v) is 5.11. The molecule has 4 aromatic rings. The van der Waals surface area contributed by atoms with Crippen LogP contribution in [0.3, 0.4) is 0 Å². The number of benzene rings is 2. The molecule has 6 nitrogen and oxygen atoms in total. The first-order chi connectivity index (χ1) is 13.0. The molecule has 0 saturated heterocycles. The maximum absolute atomic E-state index is 13.1. The van der Waals surface area contributed by atoms with Gasteiger partial charge in [0, 0.05) is 7.05 Å². The SMILES string of the molecule is Cc1nc(C(=O)N(C)Cc2nc3ccccc3s2)nn1-c1ccc(F)cc1. The van der Waals surface area contributed by atoms with E-state index in [1.807, 2.05) is 24.3 Å². The summed E-state index contributed by atoms with van der Waals surface area (Å²) in [6.07, 6.45) is 0. The highest BCUT2D eigenvalue weighted by molar-refractivity contribution is 7.18. The number of hydrogen-bond acceptors (Lipinski definition) is 5. The standard InChI is InChI=1S/C19H16FN5OS/c1-12-21-18(23-25(12)14-9-7-13(20)8-10-14)19(26)24(2)11-17-22-15-5-3-4-6-16(15)27-17/h3-10H,11H2,1-2H3. The van der Waals surface area contributed by atoms with Crippen molar-refractivity contribution in [2.75, 3.05) is 7.05 Å². The molecule has 1 amide bonds. The monoisotopic (exact) mass is 381 g/mol. The van der Waals surface area contributed by atoms with Crippen LogP contribution in [0.2, 0.25) is 0 Å². The summed E-state index contributed by atoms with van der Waals surface area (Å²) in [5, 5.41) is 5.14. The molecule has 0 aliphatic carbocycles. The first-order valence-electron chi connectivity index (χ1n) is 8.31. The van der Waals surface area contributed by atoms with E-state index < -0.39 is 0 Å². The maximum Gasteiger partial charge on any atom is 0.293 e. The van der Waals surface area contributed by atoms with E-state index >= 15 is 0 Å². The van der Waals surface area contributed by atoms with Gasteiger partial charge >= 0.3 is 0 Å². The molecule has 4 rings (SSSR count). The topological polar surface area (TPSA) is 63.9 Å². The molecule has 0 bridgehead atoms. The summed E-state index contributed by atoms with van der Waals surface area (Å²) in [5.74, 6) is 0.0281. The van der Waals surface area contributed by atoms with E-state index in [-0.39, 0.29) is 17.5 Å². The Bertz CT molecular complexity index is 1090. The number of fused-ring (bicyclic) bond motifs is 1. The molecule has 136 valence electrons. The van der Waals surface area contributed by atoms with Crippen molar-refractivity contribution < 1.29 is 9.18 Å². The third kappa shape index (κ3) is 3.43. The van der Waals surface area contributed by atoms with Crippen molar-refractivity contribution >= 4 is 27.5 Å². The molecule has 27 heavy (non-hydrogen) atoms. The molecular formula is C19H16FN5OS. The molecule has 0 atom stereocenters. The van der Waals surface area contributed by atoms with Gasteiger partial charge in [0.2, 0.25) is 5.82 Å². The Labute approximate surface area is 158 Å². The molecule has 0 saturated carbocycles. The smallest absolute Gasteiger partial charge is 0.293 e. The van der Waals surface area contributed by atoms with Gasteiger partial charge in [-0.25, -0.2) is 19.0 Å². The molecule has 0 unspecified atom stereocenters. The van der Waals surface area contributed by atoms with Gasteiger partial charge < -0.3 is 4.90 Å². The molecule has 2 heterocycles. The van der Waals surface area contributed by atoms with Gasteiger partial charge in [-0.1, -0.05) is 12.1 Å². The van der Waals surface area contributed by atoms with Crippen molar-refractivity contribution in [3.8, 4) is 5.69 Å². The highest BCUT2D eigenvalue weighted by atomic mass is 32.1. The Hall–Kier alpha value is -3.13. The fourth-order valence-corrected chi connectivity index (χ4v) is 3.76. The number of aromatic nitrogens is 4. The first-order valence-corrected chi connectivity index (χ1v) is 9.12. The summed E-state index contributed by atoms with van der Waals surface area (Å²) in [6.45, 7) is 2.13. The fraction of sp³-hybridized carbons (Fsp3) is 0.158. The van der Waals surface area contributed by atoms with Gasteiger partial charge in [-0.15, -0.1) is 16.4 Å². The lowest BCUT2D eigenvalue weighted by Crippen LogP contribution is -2.27. The van der Waals surface area contributed by atoms with Crippen LogP contribution in [0.25, 0.3) is 15.9 Å². The fourth-order valence-electron chi connectivity index (χ4n) is 2.74. The number of carbonyl (C=O) groups is 1. The van der Waals surface area contributed by atoms with E-state index in [0.717, 1.165) is 15.2 Å². The number of para-hydroxylation sites is 1. The molecular weight excluding hydrogens is 365 g/mol. The largest absolute Gasteiger partial charge is 0.332 e. The van der Waals surface area contributed by atoms with Gasteiger partial charge in [-0.05, 0) is 43.3 Å².